The van der Waals surface area contributed by atoms with E-state index in [0.29, 0.717) is 16.7 Å². The van der Waals surface area contributed by atoms with E-state index in [1.807, 2.05) is 42.5 Å². The average Bonchev–Trinajstić information content (AvgIpc) is 3.55. The topological polar surface area (TPSA) is 37.4 Å². The molecule has 0 N–H and O–H groups in total. The van der Waals surface area contributed by atoms with Gasteiger partial charge in [-0.2, -0.15) is 0 Å². The Morgan fingerprint density at radius 1 is 0.650 bits per heavy atom. The van der Waals surface area contributed by atoms with E-state index in [9.17, 15) is 9.59 Å². The molecule has 194 valence electrons. The summed E-state index contributed by atoms with van der Waals surface area (Å²) in [4.78, 5) is 29.3. The van der Waals surface area contributed by atoms with E-state index in [2.05, 4.69) is 65.6 Å². The third-order valence-electron chi connectivity index (χ3n) is 9.01. The van der Waals surface area contributed by atoms with Crippen LogP contribution in [0.25, 0.3) is 16.8 Å². The molecule has 0 atom stereocenters. The standard InChI is InChI=1S/C35H27GeNO2Te/c38-34-26-20-23-10-2-3-11-24(23)21-27(26)35(39)28(34)22-25-16-17-33(40-25)37-31-14-6-4-12-29(31)36(18-8-1-9-19-36)30-13-5-7-15-32(30)37/h2-7,10-17,20-22H,1,8-9,18-19H2. The summed E-state index contributed by atoms with van der Waals surface area (Å²) in [6, 6.07) is 34.4. The summed E-state index contributed by atoms with van der Waals surface area (Å²) >= 11 is -3.26. The van der Waals surface area contributed by atoms with Crippen LogP contribution in [0.5, 0.6) is 0 Å². The molecule has 1 spiro atoms. The number of carbonyl (C=O) groups excluding carboxylic acids is 2. The molecule has 0 saturated carbocycles. The molecule has 5 aromatic rings. The Bertz CT molecular complexity index is 1790. The van der Waals surface area contributed by atoms with Gasteiger partial charge in [0.05, 0.1) is 0 Å². The minimum absolute atomic E-state index is 0.145. The van der Waals surface area contributed by atoms with Gasteiger partial charge in [-0.15, -0.1) is 0 Å². The maximum absolute atomic E-state index is 13.4. The van der Waals surface area contributed by atoms with Gasteiger partial charge in [0.1, 0.15) is 0 Å². The Balaban J connectivity index is 1.21. The van der Waals surface area contributed by atoms with Crippen molar-refractivity contribution in [2.45, 2.75) is 29.8 Å². The van der Waals surface area contributed by atoms with Crippen molar-refractivity contribution in [2.75, 3.05) is 4.90 Å². The third kappa shape index (κ3) is 3.63. The Hall–Kier alpha value is -3.17. The van der Waals surface area contributed by atoms with E-state index in [1.54, 1.807) is 8.79 Å². The van der Waals surface area contributed by atoms with Gasteiger partial charge in [0.25, 0.3) is 0 Å². The predicted molar refractivity (Wildman–Crippen MR) is 167 cm³/mol. The summed E-state index contributed by atoms with van der Waals surface area (Å²) in [7, 11) is 0. The van der Waals surface area contributed by atoms with Crippen molar-refractivity contribution in [3.63, 3.8) is 0 Å². The summed E-state index contributed by atoms with van der Waals surface area (Å²) in [5.74, 6) is -0.290. The van der Waals surface area contributed by atoms with Crippen LogP contribution in [0.1, 0.15) is 43.6 Å². The van der Waals surface area contributed by atoms with Crippen LogP contribution in [-0.4, -0.2) is 45.3 Å². The molecule has 3 nitrogen and oxygen atoms in total. The van der Waals surface area contributed by atoms with E-state index < -0.39 is 33.7 Å². The van der Waals surface area contributed by atoms with Crippen LogP contribution in [0.4, 0.5) is 15.1 Å². The molecule has 4 aromatic carbocycles. The number of nitrogens with zero attached hydrogens (tertiary/aromatic N) is 1. The van der Waals surface area contributed by atoms with E-state index in [0.717, 1.165) is 14.4 Å². The molecule has 0 bridgehead atoms. The van der Waals surface area contributed by atoms with E-state index >= 15 is 0 Å². The molecule has 8 rings (SSSR count). The van der Waals surface area contributed by atoms with Gasteiger partial charge in [-0.25, -0.2) is 0 Å². The second kappa shape index (κ2) is 9.45. The van der Waals surface area contributed by atoms with E-state index in [1.165, 1.54) is 44.8 Å². The summed E-state index contributed by atoms with van der Waals surface area (Å²) in [6.07, 6.45) is 5.94. The van der Waals surface area contributed by atoms with Gasteiger partial charge in [0, 0.05) is 0 Å². The van der Waals surface area contributed by atoms with Gasteiger partial charge in [0.15, 0.2) is 0 Å². The van der Waals surface area contributed by atoms with Gasteiger partial charge in [-0.3, -0.25) is 0 Å². The summed E-state index contributed by atoms with van der Waals surface area (Å²) in [5, 5.41) is 4.74. The summed E-state index contributed by atoms with van der Waals surface area (Å²) in [6.45, 7) is 0. The molecule has 40 heavy (non-hydrogen) atoms. The van der Waals surface area contributed by atoms with Crippen LogP contribution < -0.4 is 13.7 Å². The zero-order valence-corrected chi connectivity index (χ0v) is 26.5. The second-order valence-electron chi connectivity index (χ2n) is 11.1. The molecule has 1 saturated heterocycles. The average molecular weight is 694 g/mol. The number of benzene rings is 4. The van der Waals surface area contributed by atoms with Crippen molar-refractivity contribution in [1.29, 1.82) is 0 Å². The molecule has 0 unspecified atom stereocenters. The molecule has 0 radical (unpaired) electrons. The first-order valence-corrected chi connectivity index (χ1v) is 21.5. The van der Waals surface area contributed by atoms with Crippen LogP contribution >= 0.6 is 0 Å². The number of Topliss-reactive ketones (excluding diaryl/α,β-unsaturated/α-hetero) is 2. The van der Waals surface area contributed by atoms with Crippen molar-refractivity contribution in [3.05, 3.63) is 117 Å². The van der Waals surface area contributed by atoms with E-state index in [-0.39, 0.29) is 11.6 Å². The molecule has 5 heteroatoms. The molecule has 1 aliphatic carbocycles. The Morgan fingerprint density at radius 2 is 1.20 bits per heavy atom. The number of ketones is 2. The van der Waals surface area contributed by atoms with Crippen molar-refractivity contribution in [3.8, 4) is 0 Å². The van der Waals surface area contributed by atoms with Crippen LogP contribution in [0, 0.1) is 0 Å². The van der Waals surface area contributed by atoms with E-state index in [4.69, 9.17) is 0 Å². The molecule has 0 amide bonds. The Kier molecular flexibility index (Phi) is 5.81. The zero-order chi connectivity index (χ0) is 26.8. The van der Waals surface area contributed by atoms with Crippen molar-refractivity contribution >= 4 is 86.0 Å². The number of para-hydroxylation sites is 2. The van der Waals surface area contributed by atoms with Crippen LogP contribution in [0.15, 0.2) is 103 Å². The van der Waals surface area contributed by atoms with Gasteiger partial charge in [-0.1, -0.05) is 0 Å². The Labute approximate surface area is 246 Å². The van der Waals surface area contributed by atoms with Crippen LogP contribution in [-0.2, 0) is 0 Å². The van der Waals surface area contributed by atoms with Gasteiger partial charge < -0.3 is 0 Å². The first-order valence-electron chi connectivity index (χ1n) is 14.1. The number of rotatable bonds is 2. The fourth-order valence-electron chi connectivity index (χ4n) is 7.18. The van der Waals surface area contributed by atoms with Gasteiger partial charge >= 0.3 is 248 Å². The predicted octanol–water partition coefficient (Wildman–Crippen LogP) is 6.89. The number of carbonyl (C=O) groups is 2. The number of hydrogen-bond acceptors (Lipinski definition) is 3. The fourth-order valence-corrected chi connectivity index (χ4v) is 21.6. The number of fused-ring (bicyclic) bond motifs is 6. The molecule has 3 aliphatic rings. The van der Waals surface area contributed by atoms with Gasteiger partial charge in [-0.05, 0) is 0 Å². The number of anilines is 3. The summed E-state index contributed by atoms with van der Waals surface area (Å²) in [5.41, 5.74) is 4.12. The minimum atomic E-state index is -2.46. The van der Waals surface area contributed by atoms with Gasteiger partial charge in [0.2, 0.25) is 0 Å². The quantitative estimate of drug-likeness (QED) is 0.115. The molecule has 1 aromatic heterocycles. The third-order valence-corrected chi connectivity index (χ3v) is 23.1. The zero-order valence-electron chi connectivity index (χ0n) is 22.0. The SMILES string of the molecule is O=C1C(=Cc2ccc(N3c4cccc[c]4[Ge]4([CH2]CCC[CH2]4)[c]4ccccc43)[te]2)C(=O)c2cc3ccccc3cc21. The molecule has 2 aliphatic heterocycles. The van der Waals surface area contributed by atoms with Crippen LogP contribution in [0.3, 0.4) is 0 Å². The molecule has 3 heterocycles. The number of allylic oxidation sites excluding steroid dienone is 1. The number of hydrogen-bond donors (Lipinski definition) is 0. The monoisotopic (exact) mass is 697 g/mol. The first kappa shape index (κ1) is 24.6. The normalized spacial score (nSPS) is 17.2. The van der Waals surface area contributed by atoms with Crippen molar-refractivity contribution < 1.29 is 9.59 Å². The Morgan fingerprint density at radius 3 is 1.80 bits per heavy atom. The molecular weight excluding hydrogens is 667 g/mol. The summed E-state index contributed by atoms with van der Waals surface area (Å²) < 4.78 is 5.71. The van der Waals surface area contributed by atoms with Crippen LogP contribution in [0.2, 0.25) is 10.5 Å². The first-order chi connectivity index (χ1) is 19.6. The fraction of sp³-hybridized carbons (Fsp3) is 0.143. The second-order valence-corrected chi connectivity index (χ2v) is 23.2. The van der Waals surface area contributed by atoms with Crippen molar-refractivity contribution in [2.24, 2.45) is 0 Å². The molecular formula is C35H27GeNO2Te. The van der Waals surface area contributed by atoms with Crippen molar-refractivity contribution in [1.82, 2.24) is 0 Å². The molecule has 1 fully saturated rings. The maximum atomic E-state index is 13.4.